The molecular weight excluding hydrogens is 322 g/mol. The van der Waals surface area contributed by atoms with Crippen LogP contribution in [0.5, 0.6) is 0 Å². The minimum atomic E-state index is 0.258. The summed E-state index contributed by atoms with van der Waals surface area (Å²) in [4.78, 5) is 0. The Kier molecular flexibility index (Phi) is 3.88. The zero-order valence-electron chi connectivity index (χ0n) is 8.34. The molecule has 1 aromatic rings. The van der Waals surface area contributed by atoms with Crippen molar-refractivity contribution in [2.45, 2.75) is 25.3 Å². The minimum Gasteiger partial charge on any atom is -0.271 e. The fraction of sp³-hybridized carbons (Fsp3) is 0.455. The summed E-state index contributed by atoms with van der Waals surface area (Å²) in [6.07, 6.45) is 3.85. The maximum atomic E-state index is 6.10. The maximum absolute atomic E-state index is 6.10. The second-order valence-electron chi connectivity index (χ2n) is 4.01. The van der Waals surface area contributed by atoms with Gasteiger partial charge in [-0.05, 0) is 59.0 Å². The summed E-state index contributed by atoms with van der Waals surface area (Å²) in [5.41, 5.74) is 4.11. The first-order valence-corrected chi connectivity index (χ1v) is 6.59. The van der Waals surface area contributed by atoms with E-state index in [-0.39, 0.29) is 6.04 Å². The smallest absolute Gasteiger partial charge is 0.0542 e. The molecule has 1 unspecified atom stereocenters. The Bertz CT molecular complexity index is 352. The number of halogens is 2. The Hall–Kier alpha value is 0.160. The lowest BCUT2D eigenvalue weighted by Gasteiger charge is -2.33. The third-order valence-electron chi connectivity index (χ3n) is 3.10. The van der Waals surface area contributed by atoms with E-state index >= 15 is 0 Å². The average molecular weight is 337 g/mol. The van der Waals surface area contributed by atoms with Gasteiger partial charge in [0.15, 0.2) is 0 Å². The van der Waals surface area contributed by atoms with Gasteiger partial charge in [-0.25, -0.2) is 0 Å². The van der Waals surface area contributed by atoms with Gasteiger partial charge >= 0.3 is 0 Å². The zero-order chi connectivity index (χ0) is 10.8. The highest BCUT2D eigenvalue weighted by molar-refractivity contribution is 14.1. The third-order valence-corrected chi connectivity index (χ3v) is 4.68. The normalized spacial score (nSPS) is 18.6. The Balaban J connectivity index is 2.21. The standard InChI is InChI=1S/C11H14ClIN2/c12-9-6-8(4-5-10(9)13)11(15-14)7-2-1-3-7/h4-7,11,15H,1-3,14H2. The van der Waals surface area contributed by atoms with E-state index in [1.165, 1.54) is 24.8 Å². The summed E-state index contributed by atoms with van der Waals surface area (Å²) < 4.78 is 1.09. The lowest BCUT2D eigenvalue weighted by Crippen LogP contribution is -2.36. The van der Waals surface area contributed by atoms with Crippen LogP contribution < -0.4 is 11.3 Å². The lowest BCUT2D eigenvalue weighted by atomic mass is 9.77. The van der Waals surface area contributed by atoms with Gasteiger partial charge < -0.3 is 0 Å². The fourth-order valence-corrected chi connectivity index (χ4v) is 2.51. The van der Waals surface area contributed by atoms with Gasteiger partial charge in [0.1, 0.15) is 0 Å². The number of hydrogen-bond donors (Lipinski definition) is 2. The lowest BCUT2D eigenvalue weighted by molar-refractivity contribution is 0.232. The Labute approximate surface area is 109 Å². The number of nitrogens with one attached hydrogen (secondary N) is 1. The van der Waals surface area contributed by atoms with Gasteiger partial charge in [0.05, 0.1) is 5.02 Å². The molecule has 0 heterocycles. The number of hydrogen-bond acceptors (Lipinski definition) is 2. The van der Waals surface area contributed by atoms with E-state index in [2.05, 4.69) is 34.1 Å². The second-order valence-corrected chi connectivity index (χ2v) is 5.58. The quantitative estimate of drug-likeness (QED) is 0.505. The molecule has 0 radical (unpaired) electrons. The molecule has 0 aliphatic heterocycles. The van der Waals surface area contributed by atoms with Gasteiger partial charge in [-0.2, -0.15) is 0 Å². The summed E-state index contributed by atoms with van der Waals surface area (Å²) >= 11 is 8.34. The van der Waals surface area contributed by atoms with Gasteiger partial charge in [-0.3, -0.25) is 11.3 Å². The van der Waals surface area contributed by atoms with E-state index in [0.717, 1.165) is 8.59 Å². The summed E-state index contributed by atoms with van der Waals surface area (Å²) in [5, 5.41) is 0.813. The van der Waals surface area contributed by atoms with Crippen LogP contribution in [0.1, 0.15) is 30.9 Å². The van der Waals surface area contributed by atoms with Crippen molar-refractivity contribution < 1.29 is 0 Å². The SMILES string of the molecule is NNC(c1ccc(I)c(Cl)c1)C1CCC1. The third kappa shape index (κ3) is 2.46. The Morgan fingerprint density at radius 2 is 2.20 bits per heavy atom. The highest BCUT2D eigenvalue weighted by Crippen LogP contribution is 2.38. The molecule has 1 atom stereocenters. The van der Waals surface area contributed by atoms with Crippen molar-refractivity contribution in [1.29, 1.82) is 0 Å². The van der Waals surface area contributed by atoms with E-state index in [0.29, 0.717) is 5.92 Å². The van der Waals surface area contributed by atoms with Crippen molar-refractivity contribution in [3.05, 3.63) is 32.4 Å². The summed E-state index contributed by atoms with van der Waals surface area (Å²) in [6.45, 7) is 0. The molecule has 15 heavy (non-hydrogen) atoms. The minimum absolute atomic E-state index is 0.258. The topological polar surface area (TPSA) is 38.0 Å². The number of rotatable bonds is 3. The van der Waals surface area contributed by atoms with E-state index < -0.39 is 0 Å². The molecule has 3 N–H and O–H groups in total. The Morgan fingerprint density at radius 3 is 2.67 bits per heavy atom. The first-order valence-electron chi connectivity index (χ1n) is 5.13. The van der Waals surface area contributed by atoms with Crippen molar-refractivity contribution in [3.63, 3.8) is 0 Å². The number of nitrogens with two attached hydrogens (primary N) is 1. The van der Waals surface area contributed by atoms with E-state index in [1.807, 2.05) is 12.1 Å². The first kappa shape index (κ1) is 11.6. The maximum Gasteiger partial charge on any atom is 0.0542 e. The van der Waals surface area contributed by atoms with Crippen LogP contribution in [0.25, 0.3) is 0 Å². The van der Waals surface area contributed by atoms with Crippen molar-refractivity contribution in [2.24, 2.45) is 11.8 Å². The van der Waals surface area contributed by atoms with Crippen LogP contribution >= 0.6 is 34.2 Å². The molecule has 0 amide bonds. The molecule has 0 saturated heterocycles. The van der Waals surface area contributed by atoms with Gasteiger partial charge in [0.2, 0.25) is 0 Å². The van der Waals surface area contributed by atoms with E-state index in [4.69, 9.17) is 17.4 Å². The predicted octanol–water partition coefficient (Wildman–Crippen LogP) is 3.25. The van der Waals surface area contributed by atoms with Crippen molar-refractivity contribution in [3.8, 4) is 0 Å². The molecule has 0 spiro atoms. The molecule has 2 nitrogen and oxygen atoms in total. The molecule has 1 aliphatic rings. The van der Waals surface area contributed by atoms with Gasteiger partial charge in [0.25, 0.3) is 0 Å². The number of hydrazine groups is 1. The Morgan fingerprint density at radius 1 is 1.47 bits per heavy atom. The van der Waals surface area contributed by atoms with E-state index in [9.17, 15) is 0 Å². The van der Waals surface area contributed by atoms with Crippen molar-refractivity contribution >= 4 is 34.2 Å². The molecule has 82 valence electrons. The van der Waals surface area contributed by atoms with Gasteiger partial charge in [0, 0.05) is 9.61 Å². The van der Waals surface area contributed by atoms with E-state index in [1.54, 1.807) is 0 Å². The predicted molar refractivity (Wildman–Crippen MR) is 71.6 cm³/mol. The summed E-state index contributed by atoms with van der Waals surface area (Å²) in [5.74, 6) is 6.28. The van der Waals surface area contributed by atoms with Crippen LogP contribution in [0.3, 0.4) is 0 Å². The second kappa shape index (κ2) is 4.99. The average Bonchev–Trinajstić information content (AvgIpc) is 2.16. The van der Waals surface area contributed by atoms with Crippen LogP contribution in [-0.4, -0.2) is 0 Å². The molecule has 0 bridgehead atoms. The summed E-state index contributed by atoms with van der Waals surface area (Å²) in [6, 6.07) is 6.43. The molecule has 0 aromatic heterocycles. The molecule has 4 heteroatoms. The first-order chi connectivity index (χ1) is 7.22. The summed E-state index contributed by atoms with van der Waals surface area (Å²) in [7, 11) is 0. The van der Waals surface area contributed by atoms with Crippen molar-refractivity contribution in [1.82, 2.24) is 5.43 Å². The molecule has 1 aromatic carbocycles. The molecule has 2 rings (SSSR count). The molecule has 1 aliphatic carbocycles. The largest absolute Gasteiger partial charge is 0.271 e. The molecule has 1 saturated carbocycles. The van der Waals surface area contributed by atoms with Crippen LogP contribution in [0.2, 0.25) is 5.02 Å². The van der Waals surface area contributed by atoms with Crippen LogP contribution in [0.4, 0.5) is 0 Å². The zero-order valence-corrected chi connectivity index (χ0v) is 11.3. The van der Waals surface area contributed by atoms with Crippen LogP contribution in [0.15, 0.2) is 18.2 Å². The molecular formula is C11H14ClIN2. The highest BCUT2D eigenvalue weighted by Gasteiger charge is 2.27. The fourth-order valence-electron chi connectivity index (χ4n) is 1.98. The van der Waals surface area contributed by atoms with Crippen LogP contribution in [0, 0.1) is 9.49 Å². The van der Waals surface area contributed by atoms with Crippen molar-refractivity contribution in [2.75, 3.05) is 0 Å². The highest BCUT2D eigenvalue weighted by atomic mass is 127. The number of benzene rings is 1. The molecule has 1 fully saturated rings. The van der Waals surface area contributed by atoms with Gasteiger partial charge in [-0.1, -0.05) is 24.1 Å². The monoisotopic (exact) mass is 336 g/mol. The van der Waals surface area contributed by atoms with Crippen LogP contribution in [-0.2, 0) is 0 Å². The van der Waals surface area contributed by atoms with Gasteiger partial charge in [-0.15, -0.1) is 0 Å².